The highest BCUT2D eigenvalue weighted by Gasteiger charge is 2.69. The van der Waals surface area contributed by atoms with Crippen molar-refractivity contribution in [1.82, 2.24) is 19.6 Å². The standard InChI is InChI=1S/C15H18INO3.C15H19NO3.C14H17NO2.2C13H14INO2.ClH/c1-8(19-2)12-3-4-13-15-7-9(17(12)13)5-11(16)10(15)6-14(18)20-15;1-9(18-2)12-5-6-13-15-8-11(16(12)13)4-3-10(15)7-14(17)19-15;1-9-6-10-8-14(11(9)7-13(16)17-14)12-4-2-3-5-15(10)12;2*14-10-5-8-7-13(9(10)6-12(16)17-13)11-3-1-2-4-15(8)11;/h5-6,8-9,12-13H,3-4,7H2,1-2H3;3-4,7,9,11-13H,5-6,8H2,1-2H3;6-7,10,12H,2-5,8H2,1H3;2*5-6,8,11H,1-4,7H2;1H/t8?,9-,12-,13-,15+;9?,11-,12-,13-,15+;10-,12-,14+;2*8-,11-,13+;/m11111./s1. The Bertz CT molecular complexity index is 3280. The summed E-state index contributed by atoms with van der Waals surface area (Å²) < 4.78 is 43.6. The summed E-state index contributed by atoms with van der Waals surface area (Å²) >= 11 is 7.07. The van der Waals surface area contributed by atoms with Crippen molar-refractivity contribution in [2.45, 2.75) is 249 Å². The van der Waals surface area contributed by atoms with Gasteiger partial charge in [-0.2, -0.15) is 0 Å². The molecule has 21 heteroatoms. The van der Waals surface area contributed by atoms with E-state index in [1.54, 1.807) is 49.5 Å². The molecule has 20 aliphatic rings. The Morgan fingerprint density at radius 3 is 1.55 bits per heavy atom. The Labute approximate surface area is 580 Å². The maximum Gasteiger partial charge on any atom is 0.332 e. The number of esters is 5. The first kappa shape index (κ1) is 64.0. The second-order valence-corrected chi connectivity index (χ2v) is 32.5. The molecule has 0 aromatic rings. The van der Waals surface area contributed by atoms with Crippen molar-refractivity contribution < 1.29 is 74.4 Å². The van der Waals surface area contributed by atoms with Crippen LogP contribution in [0.25, 0.3) is 0 Å². The molecule has 10 fully saturated rings. The SMILES string of the molecule is CC1=C[C@@H]2C[C@@]3(OC(=O)C=C13)[C@H]1CCCCN21.COC(C)[C@H]1CC[C@H]2N1[C@@H]1C=C(I)C3=CC(=O)O[C@@]32C1.COC(C)[C@H]1CC[C@H]2N1[C@@H]1C=CC3=CC(=O)O[C@@]32C1.O=C1C=C2C(I)=C[C@@H]3C[C@@]2(O1)[C@H]1CCCCN31.O=C1C=C2C(I)=C[C@@H]3C[C@@]2(O1)[C@H]1CCCC[NH+]31.[Cl-]. The Balaban J connectivity index is 0.0000000945. The number of carbonyl (C=O) groups excluding carboxylic acids is 5. The number of rotatable bonds is 4. The van der Waals surface area contributed by atoms with E-state index >= 15 is 0 Å². The fourth-order valence-corrected chi connectivity index (χ4v) is 24.7. The minimum absolute atomic E-state index is 0. The zero-order valence-corrected chi connectivity index (χ0v) is 59.7. The Hall–Kier alpha value is -3.05. The van der Waals surface area contributed by atoms with Gasteiger partial charge in [-0.3, -0.25) is 19.6 Å². The zero-order valence-electron chi connectivity index (χ0n) is 52.5. The first-order valence-electron chi connectivity index (χ1n) is 33.6. The average Bonchev–Trinajstić information content (AvgIpc) is 1.57. The summed E-state index contributed by atoms with van der Waals surface area (Å²) in [7, 11) is 3.55. The normalized spacial score (nSPS) is 44.1. The Morgan fingerprint density at radius 1 is 0.495 bits per heavy atom. The van der Waals surface area contributed by atoms with Crippen LogP contribution in [0.4, 0.5) is 0 Å². The number of hydrogen-bond acceptors (Lipinski definition) is 16. The molecule has 0 aromatic carbocycles. The molecule has 0 aromatic heterocycles. The van der Waals surface area contributed by atoms with Crippen LogP contribution >= 0.6 is 67.8 Å². The highest BCUT2D eigenvalue weighted by molar-refractivity contribution is 14.1. The second-order valence-electron chi connectivity index (χ2n) is 29.0. The summed E-state index contributed by atoms with van der Waals surface area (Å²) in [5.74, 6) is -0.759. The molecule has 91 heavy (non-hydrogen) atoms. The van der Waals surface area contributed by atoms with Crippen molar-refractivity contribution in [2.75, 3.05) is 33.9 Å². The molecular weight excluding hydrogens is 1520 g/mol. The highest BCUT2D eigenvalue weighted by atomic mass is 127. The van der Waals surface area contributed by atoms with Gasteiger partial charge < -0.3 is 50.5 Å². The summed E-state index contributed by atoms with van der Waals surface area (Å²) in [5.41, 5.74) is 5.32. The van der Waals surface area contributed by atoms with Crippen molar-refractivity contribution in [3.8, 4) is 0 Å². The number of carbonyl (C=O) groups is 5. The van der Waals surface area contributed by atoms with Crippen molar-refractivity contribution >= 4 is 97.6 Å². The minimum Gasteiger partial charge on any atom is -1.00 e. The molecule has 5 spiro atoms. The van der Waals surface area contributed by atoms with E-state index in [9.17, 15) is 24.0 Å². The monoisotopic (exact) mass is 1600 g/mol. The predicted molar refractivity (Wildman–Crippen MR) is 358 cm³/mol. The van der Waals surface area contributed by atoms with Gasteiger partial charge in [0.2, 0.25) is 0 Å². The molecule has 5 aliphatic carbocycles. The predicted octanol–water partition coefficient (Wildman–Crippen LogP) is 5.32. The van der Waals surface area contributed by atoms with E-state index in [0.717, 1.165) is 93.2 Å². The Kier molecular flexibility index (Phi) is 16.6. The fourth-order valence-electron chi connectivity index (χ4n) is 21.6. The molecule has 15 aliphatic heterocycles. The van der Waals surface area contributed by atoms with Crippen LogP contribution in [0.2, 0.25) is 0 Å². The van der Waals surface area contributed by atoms with Gasteiger partial charge in [-0.1, -0.05) is 43.2 Å². The summed E-state index contributed by atoms with van der Waals surface area (Å²) in [6.45, 7) is 9.94. The van der Waals surface area contributed by atoms with Crippen molar-refractivity contribution in [3.05, 3.63) is 111 Å². The molecule has 20 rings (SSSR count). The smallest absolute Gasteiger partial charge is 0.332 e. The molecule has 20 atom stereocenters. The number of nitrogens with one attached hydrogen (secondary N) is 1. The third-order valence-corrected chi connectivity index (χ3v) is 27.9. The van der Waals surface area contributed by atoms with Gasteiger partial charge in [0.1, 0.15) is 12.1 Å². The molecule has 0 saturated carbocycles. The van der Waals surface area contributed by atoms with Crippen molar-refractivity contribution in [3.63, 3.8) is 0 Å². The van der Waals surface area contributed by atoms with Crippen LogP contribution in [-0.2, 0) is 57.1 Å². The molecule has 15 heterocycles. The summed E-state index contributed by atoms with van der Waals surface area (Å²) in [5, 5.41) is 0. The number of nitrogens with zero attached hydrogens (tertiary/aromatic N) is 4. The van der Waals surface area contributed by atoms with Crippen LogP contribution in [0.1, 0.15) is 136 Å². The number of piperidine rings is 3. The summed E-state index contributed by atoms with van der Waals surface area (Å²) in [6, 6.07) is 5.14. The third kappa shape index (κ3) is 9.65. The number of quaternary nitrogens is 1. The molecule has 17 nitrogen and oxygen atoms in total. The van der Waals surface area contributed by atoms with Crippen molar-refractivity contribution in [2.24, 2.45) is 0 Å². The number of hydrogen-bond donors (Lipinski definition) is 1. The first-order chi connectivity index (χ1) is 43.3. The minimum atomic E-state index is -0.380. The Morgan fingerprint density at radius 2 is 0.945 bits per heavy atom. The molecule has 10 saturated heterocycles. The fraction of sp³-hybridized carbons (Fsp3) is 0.643. The number of halogens is 4. The molecule has 10 bridgehead atoms. The summed E-state index contributed by atoms with van der Waals surface area (Å²) in [4.78, 5) is 70.4. The van der Waals surface area contributed by atoms with Crippen LogP contribution in [0.15, 0.2) is 111 Å². The van der Waals surface area contributed by atoms with Gasteiger partial charge >= 0.3 is 29.8 Å². The summed E-state index contributed by atoms with van der Waals surface area (Å²) in [6.07, 6.45) is 43.0. The lowest BCUT2D eigenvalue weighted by Gasteiger charge is -2.38. The maximum absolute atomic E-state index is 11.8. The van der Waals surface area contributed by atoms with Gasteiger partial charge in [0.15, 0.2) is 28.0 Å². The first-order valence-corrected chi connectivity index (χ1v) is 36.8. The highest BCUT2D eigenvalue weighted by Crippen LogP contribution is 2.60. The molecule has 488 valence electrons. The van der Waals surface area contributed by atoms with E-state index in [0.29, 0.717) is 72.5 Å². The number of methoxy groups -OCH3 is 2. The molecule has 1 N–H and O–H groups in total. The second kappa shape index (κ2) is 23.6. The quantitative estimate of drug-likeness (QED) is 0.218. The van der Waals surface area contributed by atoms with Gasteiger partial charge in [-0.25, -0.2) is 24.0 Å². The molecular formula is C70H83ClI3N5O12. The van der Waals surface area contributed by atoms with Gasteiger partial charge in [0.25, 0.3) is 0 Å². The maximum atomic E-state index is 11.8. The molecule has 0 radical (unpaired) electrons. The van der Waals surface area contributed by atoms with Crippen LogP contribution in [-0.4, -0.2) is 196 Å². The van der Waals surface area contributed by atoms with Gasteiger partial charge in [0.05, 0.1) is 49.3 Å². The lowest BCUT2D eigenvalue weighted by molar-refractivity contribution is -0.937. The van der Waals surface area contributed by atoms with E-state index in [4.69, 9.17) is 33.2 Å². The van der Waals surface area contributed by atoms with E-state index in [1.165, 1.54) is 86.2 Å². The van der Waals surface area contributed by atoms with E-state index in [2.05, 4.69) is 145 Å². The van der Waals surface area contributed by atoms with Gasteiger partial charge in [-0.15, -0.1) is 0 Å². The van der Waals surface area contributed by atoms with E-state index in [1.807, 2.05) is 0 Å². The van der Waals surface area contributed by atoms with Crippen LogP contribution in [0.5, 0.6) is 0 Å². The van der Waals surface area contributed by atoms with E-state index < -0.39 is 0 Å². The van der Waals surface area contributed by atoms with Crippen LogP contribution in [0.3, 0.4) is 0 Å². The largest absolute Gasteiger partial charge is 1.00 e. The molecule has 3 unspecified atom stereocenters. The lowest BCUT2D eigenvalue weighted by atomic mass is 9.77. The van der Waals surface area contributed by atoms with Gasteiger partial charge in [-0.05, 0) is 177 Å². The van der Waals surface area contributed by atoms with Crippen molar-refractivity contribution in [1.29, 1.82) is 0 Å². The number of fused-ring (bicyclic) bond motifs is 15. The average molecular weight is 1600 g/mol. The third-order valence-electron chi connectivity index (χ3n) is 25.1. The molecule has 0 amide bonds. The topological polar surface area (TPSA) is 167 Å². The van der Waals surface area contributed by atoms with Gasteiger partial charge in [0, 0.05) is 152 Å². The van der Waals surface area contributed by atoms with E-state index in [-0.39, 0.29) is 82.5 Å². The van der Waals surface area contributed by atoms with Crippen LogP contribution in [0, 0.1) is 0 Å². The zero-order chi connectivity index (χ0) is 62.1. The van der Waals surface area contributed by atoms with Crippen LogP contribution < -0.4 is 17.3 Å². The number of ether oxygens (including phenoxy) is 7. The lowest BCUT2D eigenvalue weighted by Crippen LogP contribution is -3.18.